The Morgan fingerprint density at radius 3 is 2.05 bits per heavy atom. The Balaban J connectivity index is 1.87. The average Bonchev–Trinajstić information content (AvgIpc) is 3.02. The maximum atomic E-state index is 12.6. The molecule has 0 saturated carbocycles. The minimum Gasteiger partial charge on any atom is -0.444 e. The van der Waals surface area contributed by atoms with Crippen molar-refractivity contribution in [2.75, 3.05) is 18.0 Å². The van der Waals surface area contributed by atoms with Gasteiger partial charge in [-0.1, -0.05) is 36.4 Å². The maximum absolute atomic E-state index is 12.6. The van der Waals surface area contributed by atoms with Crippen molar-refractivity contribution in [3.63, 3.8) is 0 Å². The standard InChI is InChI=1S/C17H18N2O2/c20-17(21-16-11-12-18-13-16)19(14-7-3-1-4-8-14)15-9-5-2-6-10-15/h1-10,16,18H,11-13H2. The van der Waals surface area contributed by atoms with E-state index < -0.39 is 0 Å². The number of hydrogen-bond donors (Lipinski definition) is 1. The molecule has 1 unspecified atom stereocenters. The number of benzene rings is 2. The summed E-state index contributed by atoms with van der Waals surface area (Å²) in [7, 11) is 0. The summed E-state index contributed by atoms with van der Waals surface area (Å²) in [6.45, 7) is 1.62. The molecular weight excluding hydrogens is 264 g/mol. The molecule has 1 fully saturated rings. The first-order chi connectivity index (χ1) is 10.3. The van der Waals surface area contributed by atoms with Crippen LogP contribution in [0.25, 0.3) is 0 Å². The lowest BCUT2D eigenvalue weighted by molar-refractivity contribution is 0.116. The number of nitrogens with one attached hydrogen (secondary N) is 1. The molecule has 4 heteroatoms. The molecule has 1 atom stereocenters. The Morgan fingerprint density at radius 2 is 1.57 bits per heavy atom. The van der Waals surface area contributed by atoms with Crippen molar-refractivity contribution in [1.29, 1.82) is 0 Å². The molecule has 1 N–H and O–H groups in total. The summed E-state index contributed by atoms with van der Waals surface area (Å²) in [5, 5.41) is 3.20. The van der Waals surface area contributed by atoms with Crippen molar-refractivity contribution < 1.29 is 9.53 Å². The average molecular weight is 282 g/mol. The van der Waals surface area contributed by atoms with Crippen LogP contribution in [-0.4, -0.2) is 25.3 Å². The lowest BCUT2D eigenvalue weighted by Crippen LogP contribution is -2.31. The highest BCUT2D eigenvalue weighted by atomic mass is 16.6. The second-order valence-electron chi connectivity index (χ2n) is 5.01. The minimum absolute atomic E-state index is 0.0487. The maximum Gasteiger partial charge on any atom is 0.419 e. The van der Waals surface area contributed by atoms with Gasteiger partial charge in [0.25, 0.3) is 0 Å². The molecule has 1 aliphatic rings. The Kier molecular flexibility index (Phi) is 4.17. The fraction of sp³-hybridized carbons (Fsp3) is 0.235. The van der Waals surface area contributed by atoms with Gasteiger partial charge in [-0.3, -0.25) is 0 Å². The first kappa shape index (κ1) is 13.6. The predicted molar refractivity (Wildman–Crippen MR) is 82.8 cm³/mol. The lowest BCUT2D eigenvalue weighted by Gasteiger charge is -2.24. The van der Waals surface area contributed by atoms with Crippen LogP contribution in [0.15, 0.2) is 60.7 Å². The normalized spacial score (nSPS) is 17.4. The summed E-state index contributed by atoms with van der Waals surface area (Å²) in [6, 6.07) is 19.1. The quantitative estimate of drug-likeness (QED) is 0.939. The number of para-hydroxylation sites is 2. The summed E-state index contributed by atoms with van der Waals surface area (Å²) in [5.74, 6) is 0. The summed E-state index contributed by atoms with van der Waals surface area (Å²) in [4.78, 5) is 14.2. The number of carbonyl (C=O) groups excluding carboxylic acids is 1. The zero-order valence-electron chi connectivity index (χ0n) is 11.7. The first-order valence-corrected chi connectivity index (χ1v) is 7.16. The molecule has 1 saturated heterocycles. The molecule has 108 valence electrons. The number of rotatable bonds is 3. The second kappa shape index (κ2) is 6.41. The number of anilines is 2. The van der Waals surface area contributed by atoms with Gasteiger partial charge in [0.05, 0.1) is 11.4 Å². The van der Waals surface area contributed by atoms with Gasteiger partial charge in [0, 0.05) is 6.54 Å². The SMILES string of the molecule is O=C(OC1CCNC1)N(c1ccccc1)c1ccccc1. The number of carbonyl (C=O) groups is 1. The van der Waals surface area contributed by atoms with Gasteiger partial charge in [0.1, 0.15) is 6.10 Å². The molecule has 0 aromatic heterocycles. The third-order valence-electron chi connectivity index (χ3n) is 3.49. The van der Waals surface area contributed by atoms with E-state index in [0.29, 0.717) is 0 Å². The van der Waals surface area contributed by atoms with Gasteiger partial charge in [-0.05, 0) is 37.2 Å². The van der Waals surface area contributed by atoms with Gasteiger partial charge in [-0.25, -0.2) is 9.69 Å². The van der Waals surface area contributed by atoms with Crippen LogP contribution in [0.1, 0.15) is 6.42 Å². The van der Waals surface area contributed by atoms with Crippen LogP contribution in [0.4, 0.5) is 16.2 Å². The molecule has 0 spiro atoms. The third kappa shape index (κ3) is 3.23. The van der Waals surface area contributed by atoms with Crippen molar-refractivity contribution in [2.45, 2.75) is 12.5 Å². The molecule has 2 aromatic rings. The summed E-state index contributed by atoms with van der Waals surface area (Å²) < 4.78 is 5.61. The number of amides is 1. The number of nitrogens with zero attached hydrogens (tertiary/aromatic N) is 1. The Labute approximate surface area is 124 Å². The van der Waals surface area contributed by atoms with E-state index in [1.807, 2.05) is 60.7 Å². The molecule has 0 aliphatic carbocycles. The molecule has 2 aromatic carbocycles. The highest BCUT2D eigenvalue weighted by molar-refractivity contribution is 5.96. The van der Waals surface area contributed by atoms with E-state index in [9.17, 15) is 4.79 Å². The summed E-state index contributed by atoms with van der Waals surface area (Å²) in [6.07, 6.45) is 0.483. The number of hydrogen-bond acceptors (Lipinski definition) is 3. The van der Waals surface area contributed by atoms with Gasteiger partial charge in [-0.15, -0.1) is 0 Å². The van der Waals surface area contributed by atoms with Crippen LogP contribution in [0.5, 0.6) is 0 Å². The summed E-state index contributed by atoms with van der Waals surface area (Å²) in [5.41, 5.74) is 1.61. The molecule has 0 bridgehead atoms. The van der Waals surface area contributed by atoms with Crippen LogP contribution >= 0.6 is 0 Å². The van der Waals surface area contributed by atoms with Gasteiger partial charge in [-0.2, -0.15) is 0 Å². The van der Waals surface area contributed by atoms with Crippen molar-refractivity contribution in [3.05, 3.63) is 60.7 Å². The van der Waals surface area contributed by atoms with Crippen LogP contribution < -0.4 is 10.2 Å². The molecule has 21 heavy (non-hydrogen) atoms. The van der Waals surface area contributed by atoms with E-state index in [1.165, 1.54) is 0 Å². The van der Waals surface area contributed by atoms with Crippen LogP contribution in [0.2, 0.25) is 0 Å². The van der Waals surface area contributed by atoms with Crippen LogP contribution in [-0.2, 0) is 4.74 Å². The topological polar surface area (TPSA) is 41.6 Å². The van der Waals surface area contributed by atoms with Crippen molar-refractivity contribution in [3.8, 4) is 0 Å². The fourth-order valence-corrected chi connectivity index (χ4v) is 2.44. The molecule has 3 rings (SSSR count). The van der Waals surface area contributed by atoms with E-state index in [-0.39, 0.29) is 12.2 Å². The van der Waals surface area contributed by atoms with E-state index in [4.69, 9.17) is 4.74 Å². The summed E-state index contributed by atoms with van der Waals surface area (Å²) >= 11 is 0. The first-order valence-electron chi connectivity index (χ1n) is 7.16. The van der Waals surface area contributed by atoms with E-state index >= 15 is 0 Å². The largest absolute Gasteiger partial charge is 0.444 e. The Hall–Kier alpha value is -2.33. The molecule has 1 heterocycles. The van der Waals surface area contributed by atoms with Crippen molar-refractivity contribution >= 4 is 17.5 Å². The molecule has 1 amide bonds. The lowest BCUT2D eigenvalue weighted by atomic mass is 10.2. The minimum atomic E-state index is -0.332. The van der Waals surface area contributed by atoms with E-state index in [0.717, 1.165) is 30.9 Å². The van der Waals surface area contributed by atoms with Gasteiger partial charge < -0.3 is 10.1 Å². The van der Waals surface area contributed by atoms with E-state index in [1.54, 1.807) is 4.90 Å². The van der Waals surface area contributed by atoms with Gasteiger partial charge in [0.15, 0.2) is 0 Å². The smallest absolute Gasteiger partial charge is 0.419 e. The monoisotopic (exact) mass is 282 g/mol. The molecule has 0 radical (unpaired) electrons. The van der Waals surface area contributed by atoms with Crippen molar-refractivity contribution in [2.24, 2.45) is 0 Å². The fourth-order valence-electron chi connectivity index (χ4n) is 2.44. The van der Waals surface area contributed by atoms with Crippen LogP contribution in [0.3, 0.4) is 0 Å². The van der Waals surface area contributed by atoms with Gasteiger partial charge >= 0.3 is 6.09 Å². The van der Waals surface area contributed by atoms with Gasteiger partial charge in [0.2, 0.25) is 0 Å². The molecular formula is C17H18N2O2. The Morgan fingerprint density at radius 1 is 1.00 bits per heavy atom. The zero-order chi connectivity index (χ0) is 14.5. The third-order valence-corrected chi connectivity index (χ3v) is 3.49. The molecule has 1 aliphatic heterocycles. The number of ether oxygens (including phenoxy) is 1. The Bertz CT molecular complexity index is 541. The van der Waals surface area contributed by atoms with E-state index in [2.05, 4.69) is 5.32 Å². The predicted octanol–water partition coefficient (Wildman–Crippen LogP) is 3.32. The van der Waals surface area contributed by atoms with Crippen molar-refractivity contribution in [1.82, 2.24) is 5.32 Å². The zero-order valence-corrected chi connectivity index (χ0v) is 11.7. The second-order valence-corrected chi connectivity index (χ2v) is 5.01. The van der Waals surface area contributed by atoms with Crippen LogP contribution in [0, 0.1) is 0 Å². The highest BCUT2D eigenvalue weighted by Gasteiger charge is 2.24. The molecule has 4 nitrogen and oxygen atoms in total. The highest BCUT2D eigenvalue weighted by Crippen LogP contribution is 2.26.